The zero-order valence-electron chi connectivity index (χ0n) is 31.0. The van der Waals surface area contributed by atoms with Gasteiger partial charge in [-0.05, 0) is 83.1 Å². The van der Waals surface area contributed by atoms with E-state index in [2.05, 4.69) is 174 Å². The Morgan fingerprint density at radius 3 is 2.02 bits per heavy atom. The first-order chi connectivity index (χ1) is 28.2. The molecule has 6 heterocycles. The Kier molecular flexibility index (Phi) is 6.66. The van der Waals surface area contributed by atoms with Crippen LogP contribution in [0.2, 0.25) is 0 Å². The van der Waals surface area contributed by atoms with Gasteiger partial charge < -0.3 is 4.74 Å². The number of hydrogen-bond acceptors (Lipinski definition) is 4. The molecule has 6 heteroatoms. The molecule has 1 aliphatic rings. The second-order valence-electron chi connectivity index (χ2n) is 14.9. The van der Waals surface area contributed by atoms with Crippen molar-refractivity contribution in [3.05, 3.63) is 210 Å². The molecule has 57 heavy (non-hydrogen) atoms. The molecule has 0 spiro atoms. The Hall–Kier alpha value is -7.57. The molecule has 268 valence electrons. The number of nitrogens with zero attached hydrogens (tertiary/aromatic N) is 5. The summed E-state index contributed by atoms with van der Waals surface area (Å²) >= 11 is 0. The molecule has 0 bridgehead atoms. The average Bonchev–Trinajstić information content (AvgIpc) is 3.86. The van der Waals surface area contributed by atoms with E-state index in [1.165, 1.54) is 27.6 Å². The van der Waals surface area contributed by atoms with Crippen LogP contribution in [0, 0.1) is 6.92 Å². The van der Waals surface area contributed by atoms with Crippen LogP contribution in [-0.2, 0) is 5.41 Å². The molecule has 0 unspecified atom stereocenters. The van der Waals surface area contributed by atoms with Gasteiger partial charge in [0.1, 0.15) is 28.6 Å². The Balaban J connectivity index is 1.06. The molecule has 12 rings (SSSR count). The predicted molar refractivity (Wildman–Crippen MR) is 229 cm³/mol. The third-order valence-corrected chi connectivity index (χ3v) is 11.9. The van der Waals surface area contributed by atoms with Crippen molar-refractivity contribution in [2.45, 2.75) is 12.3 Å². The van der Waals surface area contributed by atoms with Crippen LogP contribution in [0.5, 0.6) is 11.5 Å². The van der Waals surface area contributed by atoms with Gasteiger partial charge in [0, 0.05) is 57.3 Å². The lowest BCUT2D eigenvalue weighted by Gasteiger charge is -2.41. The van der Waals surface area contributed by atoms with E-state index in [1.807, 2.05) is 24.5 Å². The first kappa shape index (κ1) is 31.7. The molecule has 0 fully saturated rings. The van der Waals surface area contributed by atoms with Crippen molar-refractivity contribution < 1.29 is 4.74 Å². The Bertz CT molecular complexity index is 3360. The van der Waals surface area contributed by atoms with E-state index in [1.54, 1.807) is 0 Å². The van der Waals surface area contributed by atoms with Crippen molar-refractivity contribution >= 4 is 49.3 Å². The molecule has 0 aliphatic carbocycles. The van der Waals surface area contributed by atoms with Crippen LogP contribution in [0.4, 0.5) is 0 Å². The standard InChI is InChI=1S/C51H33N5O/c1-32-13-8-9-18-37(32)45-31-55-48-41(20-11-27-52-48)38-25-23-35(29-42(38)49(55)54-45)57-36-24-26-39-40-19-10-21-43-47(40)56(46(39)30-36)50-44(22-12-28-53-50)51(43,33-14-4-2-5-15-33)34-16-6-3-7-17-34/h2-31H,1H3. The van der Waals surface area contributed by atoms with E-state index in [9.17, 15) is 0 Å². The monoisotopic (exact) mass is 731 g/mol. The maximum absolute atomic E-state index is 6.79. The summed E-state index contributed by atoms with van der Waals surface area (Å²) in [5, 5.41) is 5.46. The normalized spacial score (nSPS) is 13.1. The molecular weight excluding hydrogens is 699 g/mol. The summed E-state index contributed by atoms with van der Waals surface area (Å²) in [7, 11) is 0. The maximum atomic E-state index is 6.79. The van der Waals surface area contributed by atoms with Gasteiger partial charge in [0.05, 0.1) is 22.1 Å². The summed E-state index contributed by atoms with van der Waals surface area (Å²) in [4.78, 5) is 15.2. The highest BCUT2D eigenvalue weighted by Crippen LogP contribution is 2.54. The minimum atomic E-state index is -0.572. The summed E-state index contributed by atoms with van der Waals surface area (Å²) in [6, 6.07) is 57.9. The molecule has 0 N–H and O–H groups in total. The molecule has 0 radical (unpaired) electrons. The van der Waals surface area contributed by atoms with Crippen LogP contribution in [0.25, 0.3) is 66.3 Å². The smallest absolute Gasteiger partial charge is 0.147 e. The van der Waals surface area contributed by atoms with E-state index < -0.39 is 5.41 Å². The summed E-state index contributed by atoms with van der Waals surface area (Å²) in [5.41, 5.74) is 11.3. The van der Waals surface area contributed by atoms with Gasteiger partial charge in [-0.3, -0.25) is 8.97 Å². The highest BCUT2D eigenvalue weighted by molar-refractivity contribution is 6.13. The number of aryl methyl sites for hydroxylation is 1. The number of hydrogen-bond donors (Lipinski definition) is 0. The molecule has 5 aromatic heterocycles. The summed E-state index contributed by atoms with van der Waals surface area (Å²) < 4.78 is 11.2. The summed E-state index contributed by atoms with van der Waals surface area (Å²) in [6.45, 7) is 2.12. The van der Waals surface area contributed by atoms with E-state index in [-0.39, 0.29) is 0 Å². The van der Waals surface area contributed by atoms with Crippen LogP contribution in [0.3, 0.4) is 0 Å². The zero-order valence-corrected chi connectivity index (χ0v) is 31.0. The van der Waals surface area contributed by atoms with E-state index in [4.69, 9.17) is 19.7 Å². The molecule has 0 saturated heterocycles. The third kappa shape index (κ3) is 4.43. The Morgan fingerprint density at radius 1 is 0.526 bits per heavy atom. The fraction of sp³-hybridized carbons (Fsp3) is 0.0392. The minimum absolute atomic E-state index is 0.572. The van der Waals surface area contributed by atoms with Crippen molar-refractivity contribution in [1.29, 1.82) is 0 Å². The molecule has 6 aromatic carbocycles. The molecule has 11 aromatic rings. The zero-order chi connectivity index (χ0) is 37.7. The molecule has 0 saturated carbocycles. The molecule has 0 atom stereocenters. The topological polar surface area (TPSA) is 57.2 Å². The van der Waals surface area contributed by atoms with Gasteiger partial charge in [0.15, 0.2) is 0 Å². The predicted octanol–water partition coefficient (Wildman–Crippen LogP) is 12.0. The van der Waals surface area contributed by atoms with Gasteiger partial charge >= 0.3 is 0 Å². The second kappa shape index (κ2) is 12.0. The fourth-order valence-electron chi connectivity index (χ4n) is 9.47. The van der Waals surface area contributed by atoms with Crippen molar-refractivity contribution in [3.8, 4) is 28.6 Å². The minimum Gasteiger partial charge on any atom is -0.457 e. The van der Waals surface area contributed by atoms with E-state index in [0.29, 0.717) is 0 Å². The number of ether oxygens (including phenoxy) is 1. The highest BCUT2D eigenvalue weighted by Gasteiger charge is 2.45. The van der Waals surface area contributed by atoms with Crippen LogP contribution >= 0.6 is 0 Å². The van der Waals surface area contributed by atoms with E-state index in [0.717, 1.165) is 78.0 Å². The molecular formula is C51H33N5O. The fourth-order valence-corrected chi connectivity index (χ4v) is 9.47. The second-order valence-corrected chi connectivity index (χ2v) is 14.9. The number of pyridine rings is 3. The number of aromatic nitrogens is 5. The first-order valence-corrected chi connectivity index (χ1v) is 19.3. The lowest BCUT2D eigenvalue weighted by molar-refractivity contribution is 0.484. The molecule has 1 aliphatic heterocycles. The van der Waals surface area contributed by atoms with Crippen LogP contribution in [-0.4, -0.2) is 23.9 Å². The summed E-state index contributed by atoms with van der Waals surface area (Å²) in [5.74, 6) is 2.39. The SMILES string of the molecule is Cc1ccccc1-c1cn2c3ncccc3c3ccc(Oc4ccc5c6cccc7c6n(c5c4)-c4ncccc4C7(c4ccccc4)c4ccccc4)cc3c2n1. The highest BCUT2D eigenvalue weighted by atomic mass is 16.5. The molecule has 0 amide bonds. The number of rotatable bonds is 5. The summed E-state index contributed by atoms with van der Waals surface area (Å²) in [6.07, 6.45) is 5.84. The van der Waals surface area contributed by atoms with Crippen molar-refractivity contribution in [2.24, 2.45) is 0 Å². The lowest BCUT2D eigenvalue weighted by Crippen LogP contribution is -2.35. The van der Waals surface area contributed by atoms with Gasteiger partial charge in [-0.15, -0.1) is 0 Å². The number of benzene rings is 6. The number of imidazole rings is 1. The van der Waals surface area contributed by atoms with Gasteiger partial charge in [-0.25, -0.2) is 15.0 Å². The van der Waals surface area contributed by atoms with Crippen LogP contribution < -0.4 is 4.74 Å². The van der Waals surface area contributed by atoms with Crippen molar-refractivity contribution in [2.75, 3.05) is 0 Å². The molecule has 6 nitrogen and oxygen atoms in total. The lowest BCUT2D eigenvalue weighted by atomic mass is 9.63. The van der Waals surface area contributed by atoms with Gasteiger partial charge in [-0.1, -0.05) is 109 Å². The Labute approximate surface area is 327 Å². The average molecular weight is 732 g/mol. The van der Waals surface area contributed by atoms with Crippen molar-refractivity contribution in [3.63, 3.8) is 0 Å². The quantitative estimate of drug-likeness (QED) is 0.165. The Morgan fingerprint density at radius 2 is 1.21 bits per heavy atom. The van der Waals surface area contributed by atoms with E-state index >= 15 is 0 Å². The van der Waals surface area contributed by atoms with Gasteiger partial charge in [0.2, 0.25) is 0 Å². The van der Waals surface area contributed by atoms with Crippen LogP contribution in [0.15, 0.2) is 182 Å². The van der Waals surface area contributed by atoms with Gasteiger partial charge in [-0.2, -0.15) is 0 Å². The van der Waals surface area contributed by atoms with Gasteiger partial charge in [0.25, 0.3) is 0 Å². The largest absolute Gasteiger partial charge is 0.457 e. The third-order valence-electron chi connectivity index (χ3n) is 11.9. The first-order valence-electron chi connectivity index (χ1n) is 19.3. The number of fused-ring (bicyclic) bond motifs is 11. The number of para-hydroxylation sites is 1. The van der Waals surface area contributed by atoms with Crippen LogP contribution in [0.1, 0.15) is 27.8 Å². The maximum Gasteiger partial charge on any atom is 0.147 e. The van der Waals surface area contributed by atoms with Crippen molar-refractivity contribution in [1.82, 2.24) is 23.9 Å².